The highest BCUT2D eigenvalue weighted by molar-refractivity contribution is 6.07. The molecule has 1 amide bonds. The Morgan fingerprint density at radius 2 is 1.90 bits per heavy atom. The van der Waals surface area contributed by atoms with Crippen LogP contribution in [0.1, 0.15) is 15.9 Å². The maximum absolute atomic E-state index is 12.3. The number of carbonyl (C=O) groups excluding carboxylic acids is 2. The number of hydrogen-bond acceptors (Lipinski definition) is 8. The van der Waals surface area contributed by atoms with Crippen LogP contribution in [-0.2, 0) is 16.1 Å². The van der Waals surface area contributed by atoms with Crippen molar-refractivity contribution in [3.8, 4) is 11.8 Å². The SMILES string of the molecule is COC(=O)c1ccc(CN/C=C(/C#N)C(=O)Nc2ccc([N+](=O)[O-])cc2OC)cc1. The van der Waals surface area contributed by atoms with E-state index in [2.05, 4.69) is 15.4 Å². The molecule has 2 rings (SSSR count). The minimum Gasteiger partial charge on any atom is -0.494 e. The van der Waals surface area contributed by atoms with Crippen LogP contribution in [0.3, 0.4) is 0 Å². The molecule has 0 aliphatic carbocycles. The van der Waals surface area contributed by atoms with Crippen molar-refractivity contribution in [2.45, 2.75) is 6.54 Å². The molecule has 30 heavy (non-hydrogen) atoms. The number of anilines is 1. The number of non-ortho nitro benzene ring substituents is 1. The average molecular weight is 410 g/mol. The summed E-state index contributed by atoms with van der Waals surface area (Å²) in [5.41, 5.74) is 1.01. The quantitative estimate of drug-likeness (QED) is 0.222. The summed E-state index contributed by atoms with van der Waals surface area (Å²) in [5.74, 6) is -1.06. The molecular formula is C20H18N4O6. The minimum atomic E-state index is -0.710. The zero-order valence-electron chi connectivity index (χ0n) is 16.2. The molecule has 0 heterocycles. The fourth-order valence-corrected chi connectivity index (χ4v) is 2.38. The topological polar surface area (TPSA) is 144 Å². The average Bonchev–Trinajstić information content (AvgIpc) is 2.76. The second-order valence-electron chi connectivity index (χ2n) is 5.84. The van der Waals surface area contributed by atoms with Gasteiger partial charge in [0.2, 0.25) is 0 Å². The maximum Gasteiger partial charge on any atom is 0.337 e. The van der Waals surface area contributed by atoms with E-state index >= 15 is 0 Å². The fourth-order valence-electron chi connectivity index (χ4n) is 2.38. The van der Waals surface area contributed by atoms with Crippen LogP contribution in [-0.4, -0.2) is 31.0 Å². The van der Waals surface area contributed by atoms with Gasteiger partial charge < -0.3 is 20.1 Å². The molecule has 10 nitrogen and oxygen atoms in total. The third kappa shape index (κ3) is 5.56. The molecule has 0 unspecified atom stereocenters. The van der Waals surface area contributed by atoms with Gasteiger partial charge in [0, 0.05) is 18.8 Å². The summed E-state index contributed by atoms with van der Waals surface area (Å²) >= 11 is 0. The van der Waals surface area contributed by atoms with Gasteiger partial charge in [-0.05, 0) is 23.8 Å². The molecule has 0 aromatic heterocycles. The number of nitro benzene ring substituents is 1. The Kier molecular flexibility index (Phi) is 7.47. The predicted molar refractivity (Wildman–Crippen MR) is 107 cm³/mol. The third-order valence-electron chi connectivity index (χ3n) is 3.94. The van der Waals surface area contributed by atoms with Crippen LogP contribution >= 0.6 is 0 Å². The summed E-state index contributed by atoms with van der Waals surface area (Å²) in [4.78, 5) is 34.0. The highest BCUT2D eigenvalue weighted by Gasteiger charge is 2.15. The first-order chi connectivity index (χ1) is 14.4. The fraction of sp³-hybridized carbons (Fsp3) is 0.150. The number of hydrogen-bond donors (Lipinski definition) is 2. The lowest BCUT2D eigenvalue weighted by molar-refractivity contribution is -0.384. The first-order valence-electron chi connectivity index (χ1n) is 8.54. The first kappa shape index (κ1) is 21.9. The van der Waals surface area contributed by atoms with Crippen LogP contribution in [0.25, 0.3) is 0 Å². The number of nitriles is 1. The van der Waals surface area contributed by atoms with E-state index in [-0.39, 0.29) is 22.7 Å². The molecule has 0 aliphatic rings. The van der Waals surface area contributed by atoms with Crippen LogP contribution in [0, 0.1) is 21.4 Å². The monoisotopic (exact) mass is 410 g/mol. The number of methoxy groups -OCH3 is 2. The maximum atomic E-state index is 12.3. The van der Waals surface area contributed by atoms with Gasteiger partial charge in [-0.25, -0.2) is 4.79 Å². The third-order valence-corrected chi connectivity index (χ3v) is 3.94. The Balaban J connectivity index is 2.04. The second kappa shape index (κ2) is 10.2. The number of ether oxygens (including phenoxy) is 2. The van der Waals surface area contributed by atoms with Crippen molar-refractivity contribution in [2.75, 3.05) is 19.5 Å². The molecular weight excluding hydrogens is 392 g/mol. The van der Waals surface area contributed by atoms with Gasteiger partial charge in [-0.15, -0.1) is 0 Å². The van der Waals surface area contributed by atoms with Crippen molar-refractivity contribution in [1.29, 1.82) is 5.26 Å². The predicted octanol–water partition coefficient (Wildman–Crippen LogP) is 2.53. The van der Waals surface area contributed by atoms with Crippen molar-refractivity contribution < 1.29 is 24.0 Å². The Morgan fingerprint density at radius 3 is 2.47 bits per heavy atom. The van der Waals surface area contributed by atoms with E-state index in [0.717, 1.165) is 5.56 Å². The van der Waals surface area contributed by atoms with Gasteiger partial charge in [-0.1, -0.05) is 12.1 Å². The van der Waals surface area contributed by atoms with Crippen LogP contribution in [0.4, 0.5) is 11.4 Å². The van der Waals surface area contributed by atoms with E-state index < -0.39 is 16.8 Å². The highest BCUT2D eigenvalue weighted by atomic mass is 16.6. The number of nitro groups is 1. The molecule has 0 fully saturated rings. The van der Waals surface area contributed by atoms with Crippen molar-refractivity contribution in [3.05, 3.63) is 75.5 Å². The van der Waals surface area contributed by atoms with Crippen LogP contribution in [0.2, 0.25) is 0 Å². The van der Waals surface area contributed by atoms with E-state index in [1.807, 2.05) is 0 Å². The van der Waals surface area contributed by atoms with Gasteiger partial charge in [0.05, 0.1) is 36.5 Å². The Morgan fingerprint density at radius 1 is 1.20 bits per heavy atom. The van der Waals surface area contributed by atoms with Gasteiger partial charge in [0.15, 0.2) is 0 Å². The van der Waals surface area contributed by atoms with Gasteiger partial charge in [0.1, 0.15) is 17.4 Å². The summed E-state index contributed by atoms with van der Waals surface area (Å²) < 4.78 is 9.68. The summed E-state index contributed by atoms with van der Waals surface area (Å²) in [7, 11) is 2.60. The smallest absolute Gasteiger partial charge is 0.337 e. The first-order valence-corrected chi connectivity index (χ1v) is 8.54. The van der Waals surface area contributed by atoms with E-state index in [4.69, 9.17) is 4.74 Å². The lowest BCUT2D eigenvalue weighted by Gasteiger charge is -2.10. The largest absolute Gasteiger partial charge is 0.494 e. The molecule has 0 aliphatic heterocycles. The molecule has 0 radical (unpaired) electrons. The normalized spacial score (nSPS) is 10.5. The number of amides is 1. The standard InChI is InChI=1S/C20H18N4O6/c1-29-18-9-16(24(27)28)7-8-17(18)23-19(25)15(10-21)12-22-11-13-3-5-14(6-4-13)20(26)30-2/h3-9,12,22H,11H2,1-2H3,(H,23,25)/b15-12-. The molecule has 0 spiro atoms. The van der Waals surface area contributed by atoms with Gasteiger partial charge in [0.25, 0.3) is 11.6 Å². The molecule has 0 atom stereocenters. The number of carbonyl (C=O) groups is 2. The summed E-state index contributed by atoms with van der Waals surface area (Å²) in [5, 5.41) is 25.4. The molecule has 2 aromatic rings. The van der Waals surface area contributed by atoms with Crippen LogP contribution in [0.15, 0.2) is 54.2 Å². The molecule has 0 bridgehead atoms. The minimum absolute atomic E-state index is 0.0912. The van der Waals surface area contributed by atoms with Crippen molar-refractivity contribution in [3.63, 3.8) is 0 Å². The molecule has 0 saturated heterocycles. The van der Waals surface area contributed by atoms with Gasteiger partial charge in [-0.3, -0.25) is 14.9 Å². The lowest BCUT2D eigenvalue weighted by Crippen LogP contribution is -2.17. The second-order valence-corrected chi connectivity index (χ2v) is 5.84. The molecule has 2 aromatic carbocycles. The van der Waals surface area contributed by atoms with Crippen molar-refractivity contribution in [2.24, 2.45) is 0 Å². The van der Waals surface area contributed by atoms with Crippen LogP contribution in [0.5, 0.6) is 5.75 Å². The zero-order valence-corrected chi connectivity index (χ0v) is 16.2. The number of nitrogens with zero attached hydrogens (tertiary/aromatic N) is 2. The van der Waals surface area contributed by atoms with E-state index in [1.165, 1.54) is 38.6 Å². The number of rotatable bonds is 8. The molecule has 2 N–H and O–H groups in total. The van der Waals surface area contributed by atoms with E-state index in [9.17, 15) is 25.0 Å². The van der Waals surface area contributed by atoms with Gasteiger partial charge in [-0.2, -0.15) is 5.26 Å². The van der Waals surface area contributed by atoms with E-state index in [0.29, 0.717) is 12.1 Å². The highest BCUT2D eigenvalue weighted by Crippen LogP contribution is 2.29. The van der Waals surface area contributed by atoms with E-state index in [1.54, 1.807) is 30.3 Å². The lowest BCUT2D eigenvalue weighted by atomic mass is 10.1. The Labute approximate surface area is 171 Å². The zero-order chi connectivity index (χ0) is 22.1. The number of benzene rings is 2. The molecule has 154 valence electrons. The number of esters is 1. The number of nitrogens with one attached hydrogen (secondary N) is 2. The Bertz CT molecular complexity index is 1020. The Hall–Kier alpha value is -4.39. The molecule has 10 heteroatoms. The summed E-state index contributed by atoms with van der Waals surface area (Å²) in [6, 6.07) is 12.1. The van der Waals surface area contributed by atoms with Gasteiger partial charge >= 0.3 is 5.97 Å². The van der Waals surface area contributed by atoms with Crippen LogP contribution < -0.4 is 15.4 Å². The molecule has 0 saturated carbocycles. The summed E-state index contributed by atoms with van der Waals surface area (Å²) in [6.45, 7) is 0.306. The summed E-state index contributed by atoms with van der Waals surface area (Å²) in [6.07, 6.45) is 1.25. The van der Waals surface area contributed by atoms with Crippen molar-refractivity contribution in [1.82, 2.24) is 5.32 Å². The van der Waals surface area contributed by atoms with Crippen molar-refractivity contribution >= 4 is 23.3 Å².